The number of rotatable bonds is 2. The summed E-state index contributed by atoms with van der Waals surface area (Å²) in [6.07, 6.45) is 3.82. The molecule has 0 fully saturated rings. The van der Waals surface area contributed by atoms with Crippen LogP contribution in [0.15, 0.2) is 30.5 Å². The lowest BCUT2D eigenvalue weighted by Gasteiger charge is -2.33. The third-order valence-electron chi connectivity index (χ3n) is 5.24. The predicted octanol–water partition coefficient (Wildman–Crippen LogP) is 3.36. The Morgan fingerprint density at radius 2 is 1.93 bits per heavy atom. The van der Waals surface area contributed by atoms with E-state index in [4.69, 9.17) is 9.47 Å². The van der Waals surface area contributed by atoms with E-state index in [0.29, 0.717) is 11.5 Å². The van der Waals surface area contributed by atoms with E-state index in [-0.39, 0.29) is 23.6 Å². The van der Waals surface area contributed by atoms with Gasteiger partial charge in [0, 0.05) is 11.3 Å². The van der Waals surface area contributed by atoms with Crippen molar-refractivity contribution >= 4 is 5.91 Å². The molecule has 0 unspecified atom stereocenters. The van der Waals surface area contributed by atoms with Crippen LogP contribution in [0, 0.1) is 0 Å². The lowest BCUT2D eigenvalue weighted by molar-refractivity contribution is -0.134. The van der Waals surface area contributed by atoms with E-state index >= 15 is 0 Å². The van der Waals surface area contributed by atoms with Gasteiger partial charge in [0.25, 0.3) is 5.91 Å². The summed E-state index contributed by atoms with van der Waals surface area (Å²) < 4.78 is 13.9. The van der Waals surface area contributed by atoms with Crippen molar-refractivity contribution in [1.29, 1.82) is 0 Å². The van der Waals surface area contributed by atoms with Crippen molar-refractivity contribution in [2.75, 3.05) is 0 Å². The highest BCUT2D eigenvalue weighted by Gasteiger charge is 2.36. The molecule has 0 radical (unpaired) electrons. The van der Waals surface area contributed by atoms with E-state index in [2.05, 4.69) is 35.9 Å². The van der Waals surface area contributed by atoms with Gasteiger partial charge in [-0.15, -0.1) is 0 Å². The highest BCUT2D eigenvalue weighted by molar-refractivity contribution is 5.82. The maximum atomic E-state index is 13.0. The fourth-order valence-corrected chi connectivity index (χ4v) is 3.95. The molecule has 1 N–H and O–H groups in total. The van der Waals surface area contributed by atoms with Crippen molar-refractivity contribution < 1.29 is 14.3 Å². The Bertz CT molecular complexity index is 853. The molecule has 27 heavy (non-hydrogen) atoms. The van der Waals surface area contributed by atoms with Crippen molar-refractivity contribution in [3.8, 4) is 11.5 Å². The number of fused-ring (bicyclic) bond motifs is 2. The van der Waals surface area contributed by atoms with Gasteiger partial charge in [-0.3, -0.25) is 9.48 Å². The maximum absolute atomic E-state index is 13.0. The first kappa shape index (κ1) is 17.9. The molecule has 1 amide bonds. The molecule has 0 bridgehead atoms. The Hall–Kier alpha value is -2.50. The molecule has 2 heterocycles. The molecule has 1 aromatic heterocycles. The number of carbonyl (C=O) groups excluding carboxylic acids is 1. The molecule has 0 spiro atoms. The first-order valence-electron chi connectivity index (χ1n) is 9.64. The van der Waals surface area contributed by atoms with Gasteiger partial charge in [0.05, 0.1) is 17.8 Å². The number of ether oxygens (including phenoxy) is 2. The Labute approximate surface area is 159 Å². The maximum Gasteiger partial charge on any atom is 0.265 e. The van der Waals surface area contributed by atoms with Gasteiger partial charge in [-0.05, 0) is 59.1 Å². The Balaban J connectivity index is 1.53. The number of hydrogen-bond acceptors (Lipinski definition) is 4. The normalized spacial score (nSPS) is 24.2. The number of para-hydroxylation sites is 2. The van der Waals surface area contributed by atoms with Crippen LogP contribution < -0.4 is 14.8 Å². The number of benzene rings is 1. The van der Waals surface area contributed by atoms with Crippen LogP contribution in [0.2, 0.25) is 0 Å². The lowest BCUT2D eigenvalue weighted by Crippen LogP contribution is -2.50. The Morgan fingerprint density at radius 1 is 1.22 bits per heavy atom. The topological polar surface area (TPSA) is 65.4 Å². The van der Waals surface area contributed by atoms with Gasteiger partial charge in [-0.25, -0.2) is 0 Å². The monoisotopic (exact) mass is 369 g/mol. The molecule has 1 aromatic carbocycles. The van der Waals surface area contributed by atoms with Crippen molar-refractivity contribution in [2.24, 2.45) is 0 Å². The van der Waals surface area contributed by atoms with E-state index < -0.39 is 6.10 Å². The molecule has 6 heteroatoms. The van der Waals surface area contributed by atoms with Gasteiger partial charge < -0.3 is 14.8 Å². The molecule has 1 aliphatic carbocycles. The summed E-state index contributed by atoms with van der Waals surface area (Å²) in [7, 11) is 0. The number of carbonyl (C=O) groups is 1. The molecule has 3 atom stereocenters. The Kier molecular flexibility index (Phi) is 4.36. The fraction of sp³-hybridized carbons (Fsp3) is 0.524. The van der Waals surface area contributed by atoms with Gasteiger partial charge in [0.2, 0.25) is 6.10 Å². The number of hydrogen-bond donors (Lipinski definition) is 1. The van der Waals surface area contributed by atoms with Gasteiger partial charge >= 0.3 is 0 Å². The van der Waals surface area contributed by atoms with Crippen LogP contribution in [0.5, 0.6) is 11.5 Å². The van der Waals surface area contributed by atoms with Gasteiger partial charge in [0.15, 0.2) is 11.5 Å². The minimum absolute atomic E-state index is 0.0367. The highest BCUT2D eigenvalue weighted by atomic mass is 16.6. The van der Waals surface area contributed by atoms with Crippen LogP contribution in [0.25, 0.3) is 0 Å². The highest BCUT2D eigenvalue weighted by Crippen LogP contribution is 2.35. The molecule has 144 valence electrons. The molecule has 0 saturated carbocycles. The molecular formula is C21H27N3O3. The summed E-state index contributed by atoms with van der Waals surface area (Å²) in [5.74, 6) is 1.15. The summed E-state index contributed by atoms with van der Waals surface area (Å²) in [4.78, 5) is 13.0. The van der Waals surface area contributed by atoms with E-state index in [1.165, 1.54) is 5.69 Å². The number of amides is 1. The first-order valence-corrected chi connectivity index (χ1v) is 9.64. The smallest absolute Gasteiger partial charge is 0.265 e. The summed E-state index contributed by atoms with van der Waals surface area (Å²) in [5.41, 5.74) is 2.27. The SMILES string of the molecule is C[C@@H]1Oc2ccccc2O[C@@H]1C(=O)N[C@H]1CCCc2c1cnn2C(C)(C)C. The van der Waals surface area contributed by atoms with Crippen LogP contribution in [-0.4, -0.2) is 27.9 Å². The lowest BCUT2D eigenvalue weighted by atomic mass is 9.92. The largest absolute Gasteiger partial charge is 0.482 e. The van der Waals surface area contributed by atoms with E-state index in [9.17, 15) is 4.79 Å². The zero-order valence-corrected chi connectivity index (χ0v) is 16.4. The van der Waals surface area contributed by atoms with Crippen molar-refractivity contribution in [3.63, 3.8) is 0 Å². The molecule has 6 nitrogen and oxygen atoms in total. The van der Waals surface area contributed by atoms with E-state index in [0.717, 1.165) is 24.8 Å². The minimum Gasteiger partial charge on any atom is -0.482 e. The molecule has 2 aliphatic rings. The molecule has 2 aromatic rings. The molecule has 1 aliphatic heterocycles. The molecular weight excluding hydrogens is 342 g/mol. The van der Waals surface area contributed by atoms with Crippen LogP contribution in [0.4, 0.5) is 0 Å². The van der Waals surface area contributed by atoms with Gasteiger partial charge in [0.1, 0.15) is 6.10 Å². The number of nitrogens with one attached hydrogen (secondary N) is 1. The van der Waals surface area contributed by atoms with Gasteiger partial charge in [-0.1, -0.05) is 12.1 Å². The number of aromatic nitrogens is 2. The van der Waals surface area contributed by atoms with Crippen LogP contribution in [0.3, 0.4) is 0 Å². The van der Waals surface area contributed by atoms with E-state index in [1.54, 1.807) is 0 Å². The van der Waals surface area contributed by atoms with Crippen molar-refractivity contribution in [1.82, 2.24) is 15.1 Å². The zero-order chi connectivity index (χ0) is 19.2. The second kappa shape index (κ2) is 6.59. The molecule has 4 rings (SSSR count). The Morgan fingerprint density at radius 3 is 2.63 bits per heavy atom. The second-order valence-electron chi connectivity index (χ2n) is 8.39. The van der Waals surface area contributed by atoms with E-state index in [1.807, 2.05) is 37.4 Å². The molecule has 0 saturated heterocycles. The average molecular weight is 369 g/mol. The minimum atomic E-state index is -0.664. The van der Waals surface area contributed by atoms with Crippen LogP contribution in [-0.2, 0) is 16.8 Å². The quantitative estimate of drug-likeness (QED) is 0.882. The summed E-state index contributed by atoms with van der Waals surface area (Å²) >= 11 is 0. The average Bonchev–Trinajstić information content (AvgIpc) is 3.06. The van der Waals surface area contributed by atoms with Crippen molar-refractivity contribution in [2.45, 2.75) is 70.7 Å². The summed E-state index contributed by atoms with van der Waals surface area (Å²) in [5, 5.41) is 7.77. The fourth-order valence-electron chi connectivity index (χ4n) is 3.95. The first-order chi connectivity index (χ1) is 12.8. The third kappa shape index (κ3) is 3.29. The third-order valence-corrected chi connectivity index (χ3v) is 5.24. The second-order valence-corrected chi connectivity index (χ2v) is 8.39. The van der Waals surface area contributed by atoms with Crippen molar-refractivity contribution in [3.05, 3.63) is 41.7 Å². The van der Waals surface area contributed by atoms with Crippen LogP contribution >= 0.6 is 0 Å². The van der Waals surface area contributed by atoms with Crippen LogP contribution in [0.1, 0.15) is 57.8 Å². The number of nitrogens with zero attached hydrogens (tertiary/aromatic N) is 2. The zero-order valence-electron chi connectivity index (χ0n) is 16.4. The predicted molar refractivity (Wildman–Crippen MR) is 102 cm³/mol. The standard InChI is InChI=1S/C21H27N3O3/c1-13-19(27-18-11-6-5-10-17(18)26-13)20(25)23-15-8-7-9-16-14(15)12-22-24(16)21(2,3)4/h5-6,10-13,15,19H,7-9H2,1-4H3,(H,23,25)/t13-,15-,19-/m0/s1. The summed E-state index contributed by atoms with van der Waals surface area (Å²) in [6.45, 7) is 8.31. The van der Waals surface area contributed by atoms with Gasteiger partial charge in [-0.2, -0.15) is 5.10 Å². The summed E-state index contributed by atoms with van der Waals surface area (Å²) in [6, 6.07) is 7.42.